The van der Waals surface area contributed by atoms with Crippen LogP contribution in [0.2, 0.25) is 0 Å². The van der Waals surface area contributed by atoms with Crippen molar-refractivity contribution in [2.24, 2.45) is 5.41 Å². The highest BCUT2D eigenvalue weighted by Crippen LogP contribution is 2.35. The van der Waals surface area contributed by atoms with Gasteiger partial charge >= 0.3 is 0 Å². The standard InChI is InChI=1S/C22H35NO2/c1-22(2,21-6-4-5-15-25-21)16-23-19-11-7-17(8-12-19)18-9-13-20(24-3)14-10-18/h9-10,13-14,17,19,21,23H,4-8,11-12,15-16H2,1-3H3. The number of ether oxygens (including phenoxy) is 2. The van der Waals surface area contributed by atoms with Crippen molar-refractivity contribution in [3.8, 4) is 5.75 Å². The molecule has 1 aliphatic heterocycles. The van der Waals surface area contributed by atoms with Crippen molar-refractivity contribution in [2.75, 3.05) is 20.3 Å². The fourth-order valence-electron chi connectivity index (χ4n) is 4.39. The summed E-state index contributed by atoms with van der Waals surface area (Å²) in [5.74, 6) is 1.66. The predicted octanol–water partition coefficient (Wildman–Crippen LogP) is 4.91. The van der Waals surface area contributed by atoms with Gasteiger partial charge in [0.1, 0.15) is 5.75 Å². The van der Waals surface area contributed by atoms with E-state index in [1.54, 1.807) is 7.11 Å². The van der Waals surface area contributed by atoms with Gasteiger partial charge < -0.3 is 14.8 Å². The Morgan fingerprint density at radius 3 is 2.36 bits per heavy atom. The van der Waals surface area contributed by atoms with Crippen molar-refractivity contribution >= 4 is 0 Å². The Hall–Kier alpha value is -1.06. The van der Waals surface area contributed by atoms with Crippen LogP contribution in [0.4, 0.5) is 0 Å². The molecule has 1 saturated heterocycles. The molecule has 1 aromatic rings. The molecule has 140 valence electrons. The molecule has 3 heteroatoms. The van der Waals surface area contributed by atoms with Gasteiger partial charge in [0.05, 0.1) is 13.2 Å². The average molecular weight is 346 g/mol. The van der Waals surface area contributed by atoms with Gasteiger partial charge in [0.15, 0.2) is 0 Å². The average Bonchev–Trinajstić information content (AvgIpc) is 2.68. The van der Waals surface area contributed by atoms with E-state index in [0.717, 1.165) is 18.9 Å². The fraction of sp³-hybridized carbons (Fsp3) is 0.727. The van der Waals surface area contributed by atoms with Crippen molar-refractivity contribution in [2.45, 2.75) is 76.9 Å². The maximum atomic E-state index is 6.03. The van der Waals surface area contributed by atoms with Crippen molar-refractivity contribution in [3.63, 3.8) is 0 Å². The second-order valence-corrected chi connectivity index (χ2v) is 8.55. The Labute approximate surface area is 153 Å². The van der Waals surface area contributed by atoms with E-state index in [0.29, 0.717) is 18.1 Å². The fourth-order valence-corrected chi connectivity index (χ4v) is 4.39. The maximum absolute atomic E-state index is 6.03. The monoisotopic (exact) mass is 345 g/mol. The first kappa shape index (κ1) is 18.7. The first-order valence-corrected chi connectivity index (χ1v) is 10.1. The first-order valence-electron chi connectivity index (χ1n) is 10.1. The van der Waals surface area contributed by atoms with Crippen LogP contribution >= 0.6 is 0 Å². The predicted molar refractivity (Wildman–Crippen MR) is 103 cm³/mol. The molecule has 0 aromatic heterocycles. The van der Waals surface area contributed by atoms with Crippen molar-refractivity contribution < 1.29 is 9.47 Å². The third kappa shape index (κ3) is 4.98. The molecule has 3 nitrogen and oxygen atoms in total. The summed E-state index contributed by atoms with van der Waals surface area (Å²) >= 11 is 0. The summed E-state index contributed by atoms with van der Waals surface area (Å²) in [6, 6.07) is 9.32. The Balaban J connectivity index is 1.44. The number of benzene rings is 1. The molecule has 1 aromatic carbocycles. The van der Waals surface area contributed by atoms with Gasteiger partial charge in [0.25, 0.3) is 0 Å². The minimum Gasteiger partial charge on any atom is -0.497 e. The minimum atomic E-state index is 0.229. The molecule has 25 heavy (non-hydrogen) atoms. The lowest BCUT2D eigenvalue weighted by atomic mass is 9.80. The molecule has 2 fully saturated rings. The molecule has 0 radical (unpaired) electrons. The number of hydrogen-bond acceptors (Lipinski definition) is 3. The lowest BCUT2D eigenvalue weighted by Gasteiger charge is -2.39. The third-order valence-corrected chi connectivity index (χ3v) is 6.21. The highest BCUT2D eigenvalue weighted by Gasteiger charge is 2.32. The topological polar surface area (TPSA) is 30.5 Å². The van der Waals surface area contributed by atoms with Crippen LogP contribution in [0.15, 0.2) is 24.3 Å². The zero-order valence-electron chi connectivity index (χ0n) is 16.2. The minimum absolute atomic E-state index is 0.229. The molecule has 0 bridgehead atoms. The number of rotatable bonds is 6. The molecule has 2 aliphatic rings. The van der Waals surface area contributed by atoms with Crippen LogP contribution in [0.25, 0.3) is 0 Å². The maximum Gasteiger partial charge on any atom is 0.118 e. The van der Waals surface area contributed by atoms with E-state index in [2.05, 4.69) is 43.4 Å². The molecule has 0 amide bonds. The van der Waals surface area contributed by atoms with Crippen molar-refractivity contribution in [1.29, 1.82) is 0 Å². The van der Waals surface area contributed by atoms with Gasteiger partial charge in [-0.1, -0.05) is 26.0 Å². The molecule has 0 spiro atoms. The highest BCUT2D eigenvalue weighted by atomic mass is 16.5. The van der Waals surface area contributed by atoms with Crippen LogP contribution in [0.3, 0.4) is 0 Å². The van der Waals surface area contributed by atoms with Gasteiger partial charge in [0.2, 0.25) is 0 Å². The van der Waals surface area contributed by atoms with Crippen LogP contribution in [0.1, 0.15) is 70.3 Å². The highest BCUT2D eigenvalue weighted by molar-refractivity contribution is 5.29. The van der Waals surface area contributed by atoms with E-state index >= 15 is 0 Å². The van der Waals surface area contributed by atoms with Crippen LogP contribution in [0, 0.1) is 5.41 Å². The summed E-state index contributed by atoms with van der Waals surface area (Å²) in [5.41, 5.74) is 1.70. The molecule has 1 N–H and O–H groups in total. The van der Waals surface area contributed by atoms with Crippen LogP contribution < -0.4 is 10.1 Å². The molecular weight excluding hydrogens is 310 g/mol. The first-order chi connectivity index (χ1) is 12.1. The van der Waals surface area contributed by atoms with Gasteiger partial charge in [-0.3, -0.25) is 0 Å². The molecular formula is C22H35NO2. The second-order valence-electron chi connectivity index (χ2n) is 8.55. The van der Waals surface area contributed by atoms with Gasteiger partial charge in [-0.2, -0.15) is 0 Å². The van der Waals surface area contributed by atoms with Crippen LogP contribution in [0.5, 0.6) is 5.75 Å². The molecule has 1 atom stereocenters. The summed E-state index contributed by atoms with van der Waals surface area (Å²) in [4.78, 5) is 0. The van der Waals surface area contributed by atoms with Crippen molar-refractivity contribution in [3.05, 3.63) is 29.8 Å². The van der Waals surface area contributed by atoms with Crippen LogP contribution in [-0.4, -0.2) is 32.4 Å². The van der Waals surface area contributed by atoms with Crippen molar-refractivity contribution in [1.82, 2.24) is 5.32 Å². The Kier molecular flexibility index (Phi) is 6.40. The summed E-state index contributed by atoms with van der Waals surface area (Å²) in [7, 11) is 1.73. The van der Waals surface area contributed by atoms with Gasteiger partial charge in [0, 0.05) is 24.6 Å². The van der Waals surface area contributed by atoms with E-state index in [1.165, 1.54) is 50.5 Å². The quantitative estimate of drug-likeness (QED) is 0.795. The zero-order chi connectivity index (χ0) is 17.7. The summed E-state index contributed by atoms with van der Waals surface area (Å²) in [5, 5.41) is 3.85. The summed E-state index contributed by atoms with van der Waals surface area (Å²) in [6.45, 7) is 6.73. The van der Waals surface area contributed by atoms with Gasteiger partial charge in [-0.25, -0.2) is 0 Å². The van der Waals surface area contributed by atoms with Gasteiger partial charge in [-0.05, 0) is 68.6 Å². The van der Waals surface area contributed by atoms with E-state index in [1.807, 2.05) is 0 Å². The third-order valence-electron chi connectivity index (χ3n) is 6.21. The summed E-state index contributed by atoms with van der Waals surface area (Å²) < 4.78 is 11.3. The molecule has 3 rings (SSSR count). The lowest BCUT2D eigenvalue weighted by molar-refractivity contribution is -0.0548. The Morgan fingerprint density at radius 2 is 1.76 bits per heavy atom. The smallest absolute Gasteiger partial charge is 0.118 e. The SMILES string of the molecule is COc1ccc(C2CCC(NCC(C)(C)C3CCCCO3)CC2)cc1. The number of hydrogen-bond donors (Lipinski definition) is 1. The molecule has 1 unspecified atom stereocenters. The van der Waals surface area contributed by atoms with Crippen LogP contribution in [-0.2, 0) is 4.74 Å². The number of methoxy groups -OCH3 is 1. The molecule has 1 saturated carbocycles. The normalized spacial score (nSPS) is 27.9. The lowest BCUT2D eigenvalue weighted by Crippen LogP contribution is -2.45. The Morgan fingerprint density at radius 1 is 1.04 bits per heavy atom. The largest absolute Gasteiger partial charge is 0.497 e. The second kappa shape index (κ2) is 8.55. The van der Waals surface area contributed by atoms with Gasteiger partial charge in [-0.15, -0.1) is 0 Å². The molecule has 1 aliphatic carbocycles. The molecule has 1 heterocycles. The van der Waals surface area contributed by atoms with E-state index in [9.17, 15) is 0 Å². The zero-order valence-corrected chi connectivity index (χ0v) is 16.2. The summed E-state index contributed by atoms with van der Waals surface area (Å²) in [6.07, 6.45) is 9.31. The van der Waals surface area contributed by atoms with E-state index in [4.69, 9.17) is 9.47 Å². The number of nitrogens with one attached hydrogen (secondary N) is 1. The van der Waals surface area contributed by atoms with E-state index in [-0.39, 0.29) is 5.41 Å². The Bertz CT molecular complexity index is 511. The van der Waals surface area contributed by atoms with E-state index < -0.39 is 0 Å².